The molecule has 2 aliphatic heterocycles. The second-order valence-corrected chi connectivity index (χ2v) is 5.79. The molecule has 2 aliphatic rings. The monoisotopic (exact) mass is 210 g/mol. The minimum absolute atomic E-state index is 0.820. The largest absolute Gasteiger partial charge is 0.315 e. The smallest absolute Gasteiger partial charge is 0.0261 e. The van der Waals surface area contributed by atoms with Crippen LogP contribution in [-0.4, -0.2) is 37.1 Å². The molecule has 0 aliphatic carbocycles. The predicted molar refractivity (Wildman–Crippen MR) is 65.0 cm³/mol. The molecule has 15 heavy (non-hydrogen) atoms. The van der Waals surface area contributed by atoms with Crippen molar-refractivity contribution in [2.75, 3.05) is 26.2 Å². The Morgan fingerprint density at radius 2 is 1.80 bits per heavy atom. The van der Waals surface area contributed by atoms with Gasteiger partial charge in [0.25, 0.3) is 0 Å². The minimum atomic E-state index is 0.820. The van der Waals surface area contributed by atoms with E-state index < -0.39 is 0 Å². The van der Waals surface area contributed by atoms with Crippen LogP contribution < -0.4 is 5.32 Å². The van der Waals surface area contributed by atoms with E-state index in [9.17, 15) is 0 Å². The second kappa shape index (κ2) is 4.84. The zero-order valence-electron chi connectivity index (χ0n) is 10.5. The van der Waals surface area contributed by atoms with Crippen LogP contribution >= 0.6 is 0 Å². The summed E-state index contributed by atoms with van der Waals surface area (Å²) in [6, 6.07) is 0.820. The summed E-state index contributed by atoms with van der Waals surface area (Å²) in [4.78, 5) is 2.76. The van der Waals surface area contributed by atoms with E-state index in [1.54, 1.807) is 0 Å². The van der Waals surface area contributed by atoms with Crippen molar-refractivity contribution in [3.63, 3.8) is 0 Å². The molecule has 0 aromatic rings. The van der Waals surface area contributed by atoms with Crippen LogP contribution in [0.25, 0.3) is 0 Å². The summed E-state index contributed by atoms with van der Waals surface area (Å²) in [5.41, 5.74) is 0. The lowest BCUT2D eigenvalue weighted by molar-refractivity contribution is 0.0826. The maximum atomic E-state index is 3.56. The first kappa shape index (κ1) is 11.4. The van der Waals surface area contributed by atoms with E-state index in [1.807, 2.05) is 0 Å². The van der Waals surface area contributed by atoms with Gasteiger partial charge in [-0.3, -0.25) is 4.90 Å². The van der Waals surface area contributed by atoms with Crippen molar-refractivity contribution in [2.45, 2.75) is 39.7 Å². The summed E-state index contributed by atoms with van der Waals surface area (Å²) in [5, 5.41) is 3.56. The highest BCUT2D eigenvalue weighted by Crippen LogP contribution is 2.27. The number of piperidine rings is 1. The SMILES string of the molecule is CCC1CNCC1N1CC(C)CC(C)C1. The maximum absolute atomic E-state index is 3.56. The lowest BCUT2D eigenvalue weighted by Crippen LogP contribution is -2.48. The third-order valence-electron chi connectivity index (χ3n) is 4.19. The van der Waals surface area contributed by atoms with Crippen LogP contribution in [0.15, 0.2) is 0 Å². The average molecular weight is 210 g/mol. The van der Waals surface area contributed by atoms with Gasteiger partial charge in [0.1, 0.15) is 0 Å². The number of hydrogen-bond acceptors (Lipinski definition) is 2. The second-order valence-electron chi connectivity index (χ2n) is 5.79. The fraction of sp³-hybridized carbons (Fsp3) is 1.00. The van der Waals surface area contributed by atoms with E-state index in [2.05, 4.69) is 31.0 Å². The highest BCUT2D eigenvalue weighted by molar-refractivity contribution is 4.90. The number of likely N-dealkylation sites (tertiary alicyclic amines) is 1. The van der Waals surface area contributed by atoms with Crippen molar-refractivity contribution in [1.82, 2.24) is 10.2 Å². The topological polar surface area (TPSA) is 15.3 Å². The maximum Gasteiger partial charge on any atom is 0.0261 e. The number of hydrogen-bond donors (Lipinski definition) is 1. The average Bonchev–Trinajstić information content (AvgIpc) is 2.63. The van der Waals surface area contributed by atoms with E-state index >= 15 is 0 Å². The zero-order valence-corrected chi connectivity index (χ0v) is 10.5. The molecule has 0 aromatic carbocycles. The summed E-state index contributed by atoms with van der Waals surface area (Å²) >= 11 is 0. The van der Waals surface area contributed by atoms with Crippen LogP contribution in [0.3, 0.4) is 0 Å². The lowest BCUT2D eigenvalue weighted by Gasteiger charge is -2.40. The molecule has 2 fully saturated rings. The van der Waals surface area contributed by atoms with Gasteiger partial charge in [-0.25, -0.2) is 0 Å². The molecule has 0 spiro atoms. The van der Waals surface area contributed by atoms with Gasteiger partial charge in [-0.15, -0.1) is 0 Å². The third kappa shape index (κ3) is 2.54. The molecular weight excluding hydrogens is 184 g/mol. The summed E-state index contributed by atoms with van der Waals surface area (Å²) in [6.07, 6.45) is 2.75. The molecule has 2 saturated heterocycles. The van der Waals surface area contributed by atoms with Crippen molar-refractivity contribution in [3.05, 3.63) is 0 Å². The molecule has 2 heteroatoms. The highest BCUT2D eigenvalue weighted by Gasteiger charge is 2.34. The number of nitrogens with one attached hydrogen (secondary N) is 1. The highest BCUT2D eigenvalue weighted by atomic mass is 15.2. The van der Waals surface area contributed by atoms with Gasteiger partial charge in [-0.1, -0.05) is 27.2 Å². The number of rotatable bonds is 2. The molecule has 2 nitrogen and oxygen atoms in total. The quantitative estimate of drug-likeness (QED) is 0.749. The molecule has 4 unspecified atom stereocenters. The normalized spacial score (nSPS) is 43.4. The minimum Gasteiger partial charge on any atom is -0.315 e. The van der Waals surface area contributed by atoms with Gasteiger partial charge in [-0.2, -0.15) is 0 Å². The van der Waals surface area contributed by atoms with Crippen molar-refractivity contribution in [3.8, 4) is 0 Å². The molecule has 0 radical (unpaired) electrons. The Morgan fingerprint density at radius 3 is 2.40 bits per heavy atom. The van der Waals surface area contributed by atoms with Gasteiger partial charge in [0.15, 0.2) is 0 Å². The van der Waals surface area contributed by atoms with E-state index in [1.165, 1.54) is 39.0 Å². The van der Waals surface area contributed by atoms with Crippen LogP contribution in [0.5, 0.6) is 0 Å². The summed E-state index contributed by atoms with van der Waals surface area (Å²) in [5.74, 6) is 2.68. The third-order valence-corrected chi connectivity index (χ3v) is 4.19. The molecule has 2 heterocycles. The van der Waals surface area contributed by atoms with Crippen LogP contribution in [0.2, 0.25) is 0 Å². The summed E-state index contributed by atoms with van der Waals surface area (Å²) < 4.78 is 0. The Morgan fingerprint density at radius 1 is 1.13 bits per heavy atom. The van der Waals surface area contributed by atoms with Crippen LogP contribution in [-0.2, 0) is 0 Å². The van der Waals surface area contributed by atoms with E-state index in [0.29, 0.717) is 0 Å². The molecule has 0 saturated carbocycles. The van der Waals surface area contributed by atoms with Gasteiger partial charge in [0, 0.05) is 25.7 Å². The molecule has 1 N–H and O–H groups in total. The predicted octanol–water partition coefficient (Wildman–Crippen LogP) is 1.96. The molecular formula is C13H26N2. The van der Waals surface area contributed by atoms with Crippen molar-refractivity contribution < 1.29 is 0 Å². The molecule has 88 valence electrons. The Balaban J connectivity index is 1.96. The standard InChI is InChI=1S/C13H26N2/c1-4-12-6-14-7-13(12)15-8-10(2)5-11(3)9-15/h10-14H,4-9H2,1-3H3. The Bertz CT molecular complexity index is 195. The van der Waals surface area contributed by atoms with Gasteiger partial charge in [0.05, 0.1) is 0 Å². The fourth-order valence-electron chi connectivity index (χ4n) is 3.54. The molecule has 0 amide bonds. The van der Waals surface area contributed by atoms with E-state index in [-0.39, 0.29) is 0 Å². The van der Waals surface area contributed by atoms with Crippen molar-refractivity contribution in [2.24, 2.45) is 17.8 Å². The first-order chi connectivity index (χ1) is 7.20. The summed E-state index contributed by atoms with van der Waals surface area (Å²) in [6.45, 7) is 12.3. The first-order valence-corrected chi connectivity index (χ1v) is 6.65. The Labute approximate surface area is 94.4 Å². The first-order valence-electron chi connectivity index (χ1n) is 6.65. The van der Waals surface area contributed by atoms with Crippen LogP contribution in [0.1, 0.15) is 33.6 Å². The van der Waals surface area contributed by atoms with Gasteiger partial charge >= 0.3 is 0 Å². The molecule has 4 atom stereocenters. The molecule has 2 rings (SSSR count). The van der Waals surface area contributed by atoms with E-state index in [0.717, 1.165) is 23.8 Å². The van der Waals surface area contributed by atoms with Gasteiger partial charge < -0.3 is 5.32 Å². The van der Waals surface area contributed by atoms with Gasteiger partial charge in [-0.05, 0) is 30.7 Å². The zero-order chi connectivity index (χ0) is 10.8. The summed E-state index contributed by atoms with van der Waals surface area (Å²) in [7, 11) is 0. The Hall–Kier alpha value is -0.0800. The number of nitrogens with zero attached hydrogens (tertiary/aromatic N) is 1. The fourth-order valence-corrected chi connectivity index (χ4v) is 3.54. The van der Waals surface area contributed by atoms with Crippen LogP contribution in [0, 0.1) is 17.8 Å². The lowest BCUT2D eigenvalue weighted by atomic mass is 9.88. The Kier molecular flexibility index (Phi) is 3.68. The van der Waals surface area contributed by atoms with Crippen LogP contribution in [0.4, 0.5) is 0 Å². The van der Waals surface area contributed by atoms with E-state index in [4.69, 9.17) is 0 Å². The van der Waals surface area contributed by atoms with Gasteiger partial charge in [0.2, 0.25) is 0 Å². The van der Waals surface area contributed by atoms with Crippen molar-refractivity contribution in [1.29, 1.82) is 0 Å². The molecule has 0 aromatic heterocycles. The molecule has 0 bridgehead atoms. The van der Waals surface area contributed by atoms with Crippen molar-refractivity contribution >= 4 is 0 Å².